The minimum Gasteiger partial charge on any atom is -0.497 e. The monoisotopic (exact) mass is 495 g/mol. The Hall–Kier alpha value is -4.72. The van der Waals surface area contributed by atoms with Crippen molar-refractivity contribution in [2.24, 2.45) is 7.05 Å². The van der Waals surface area contributed by atoms with E-state index in [1.54, 1.807) is 37.1 Å². The molecule has 0 saturated carbocycles. The molecule has 0 fully saturated rings. The number of carbonyl (C=O) groups is 3. The van der Waals surface area contributed by atoms with Crippen LogP contribution >= 0.6 is 0 Å². The summed E-state index contributed by atoms with van der Waals surface area (Å²) >= 11 is 0. The van der Waals surface area contributed by atoms with Crippen LogP contribution in [0.5, 0.6) is 5.75 Å². The predicted molar refractivity (Wildman–Crippen MR) is 139 cm³/mol. The number of nitrogens with zero attached hydrogens (tertiary/aromatic N) is 2. The first-order valence-electron chi connectivity index (χ1n) is 11.8. The topological polar surface area (TPSA) is 99.5 Å². The number of allylic oxidation sites excluding steroid dienone is 1. The normalized spacial score (nSPS) is 13.4. The number of fused-ring (bicyclic) bond motifs is 2. The molecule has 2 amide bonds. The van der Waals surface area contributed by atoms with Gasteiger partial charge in [-0.3, -0.25) is 14.9 Å². The standard InChI is InChI=1S/C29H25N3O5/c1-32-15-5-8-24(32)28(34)31-25(33)17-37-29(35)26-21-6-3-4-7-23(21)30-27-19(11-14-22(26)27)16-18-9-12-20(36-2)13-10-18/h3-10,12-13,15-16H,11,14,17H2,1-2H3,(H,31,33,34)/b19-16+. The maximum Gasteiger partial charge on any atom is 0.339 e. The van der Waals surface area contributed by atoms with Crippen LogP contribution in [0.25, 0.3) is 22.6 Å². The van der Waals surface area contributed by atoms with E-state index in [-0.39, 0.29) is 0 Å². The number of ether oxygens (including phenoxy) is 2. The fraction of sp³-hybridized carbons (Fsp3) is 0.172. The Morgan fingerprint density at radius 2 is 1.81 bits per heavy atom. The van der Waals surface area contributed by atoms with Crippen molar-refractivity contribution in [1.29, 1.82) is 0 Å². The third-order valence-corrected chi connectivity index (χ3v) is 6.37. The average molecular weight is 496 g/mol. The molecule has 0 bridgehead atoms. The molecule has 0 radical (unpaired) electrons. The SMILES string of the molecule is COc1ccc(/C=C2\CCc3c2nc2ccccc2c3C(=O)OCC(=O)NC(=O)c2cccn2C)cc1. The maximum atomic E-state index is 13.3. The summed E-state index contributed by atoms with van der Waals surface area (Å²) in [5.41, 5.74) is 4.97. The highest BCUT2D eigenvalue weighted by Gasteiger charge is 2.28. The molecular formula is C29H25N3O5. The molecule has 0 aliphatic heterocycles. The number of benzene rings is 2. The molecular weight excluding hydrogens is 470 g/mol. The zero-order valence-electron chi connectivity index (χ0n) is 20.5. The summed E-state index contributed by atoms with van der Waals surface area (Å²) in [4.78, 5) is 42.8. The Labute approximate surface area is 213 Å². The largest absolute Gasteiger partial charge is 0.497 e. The van der Waals surface area contributed by atoms with E-state index >= 15 is 0 Å². The number of hydrogen-bond acceptors (Lipinski definition) is 6. The molecule has 4 aromatic rings. The highest BCUT2D eigenvalue weighted by atomic mass is 16.5. The second kappa shape index (κ2) is 10.1. The molecule has 1 aliphatic carbocycles. The van der Waals surface area contributed by atoms with E-state index in [0.717, 1.165) is 34.6 Å². The zero-order chi connectivity index (χ0) is 25.9. The highest BCUT2D eigenvalue weighted by Crippen LogP contribution is 2.38. The fourth-order valence-corrected chi connectivity index (χ4v) is 4.54. The number of imide groups is 1. The molecule has 1 aliphatic rings. The van der Waals surface area contributed by atoms with Gasteiger partial charge in [0, 0.05) is 18.6 Å². The Kier molecular flexibility index (Phi) is 6.55. The molecule has 0 spiro atoms. The van der Waals surface area contributed by atoms with E-state index in [0.29, 0.717) is 28.6 Å². The third-order valence-electron chi connectivity index (χ3n) is 6.37. The lowest BCUT2D eigenvalue weighted by Gasteiger charge is -2.12. The summed E-state index contributed by atoms with van der Waals surface area (Å²) < 4.78 is 12.2. The van der Waals surface area contributed by atoms with Crippen LogP contribution in [0.4, 0.5) is 0 Å². The van der Waals surface area contributed by atoms with Crippen LogP contribution in [0, 0.1) is 0 Å². The van der Waals surface area contributed by atoms with E-state index in [4.69, 9.17) is 14.5 Å². The van der Waals surface area contributed by atoms with Crippen molar-refractivity contribution in [1.82, 2.24) is 14.9 Å². The van der Waals surface area contributed by atoms with Crippen molar-refractivity contribution in [3.05, 3.63) is 94.9 Å². The van der Waals surface area contributed by atoms with Crippen LogP contribution in [0.15, 0.2) is 66.9 Å². The molecule has 0 unspecified atom stereocenters. The smallest absolute Gasteiger partial charge is 0.339 e. The summed E-state index contributed by atoms with van der Waals surface area (Å²) in [6, 6.07) is 18.4. The number of amides is 2. The molecule has 2 aromatic heterocycles. The van der Waals surface area contributed by atoms with Crippen LogP contribution in [0.2, 0.25) is 0 Å². The van der Waals surface area contributed by atoms with E-state index in [2.05, 4.69) is 11.4 Å². The Morgan fingerprint density at radius 1 is 1.03 bits per heavy atom. The zero-order valence-corrected chi connectivity index (χ0v) is 20.5. The fourth-order valence-electron chi connectivity index (χ4n) is 4.54. The summed E-state index contributed by atoms with van der Waals surface area (Å²) in [6.07, 6.45) is 5.10. The first-order chi connectivity index (χ1) is 17.9. The summed E-state index contributed by atoms with van der Waals surface area (Å²) in [6.45, 7) is -0.574. The molecule has 0 atom stereocenters. The lowest BCUT2D eigenvalue weighted by Crippen LogP contribution is -2.35. The van der Waals surface area contributed by atoms with Crippen molar-refractivity contribution in [3.8, 4) is 5.75 Å². The number of methoxy groups -OCH3 is 1. The number of carbonyl (C=O) groups excluding carboxylic acids is 3. The molecule has 186 valence electrons. The van der Waals surface area contributed by atoms with Gasteiger partial charge in [0.05, 0.1) is 23.9 Å². The van der Waals surface area contributed by atoms with Gasteiger partial charge in [0.1, 0.15) is 11.4 Å². The number of para-hydroxylation sites is 1. The molecule has 2 heterocycles. The number of hydrogen-bond donors (Lipinski definition) is 1. The van der Waals surface area contributed by atoms with E-state index < -0.39 is 24.4 Å². The number of esters is 1. The number of rotatable bonds is 6. The van der Waals surface area contributed by atoms with Crippen molar-refractivity contribution < 1.29 is 23.9 Å². The van der Waals surface area contributed by atoms with Crippen LogP contribution < -0.4 is 10.1 Å². The molecule has 5 rings (SSSR count). The van der Waals surface area contributed by atoms with E-state index in [9.17, 15) is 14.4 Å². The molecule has 2 aromatic carbocycles. The first-order valence-corrected chi connectivity index (χ1v) is 11.8. The number of nitrogens with one attached hydrogen (secondary N) is 1. The molecule has 8 heteroatoms. The van der Waals surface area contributed by atoms with Gasteiger partial charge in [-0.25, -0.2) is 9.78 Å². The van der Waals surface area contributed by atoms with E-state index in [1.807, 2.05) is 48.5 Å². The Balaban J connectivity index is 1.40. The summed E-state index contributed by atoms with van der Waals surface area (Å²) in [5.74, 6) is -1.11. The second-order valence-corrected chi connectivity index (χ2v) is 8.73. The number of aryl methyl sites for hydroxylation is 1. The van der Waals surface area contributed by atoms with Crippen LogP contribution in [0.1, 0.15) is 44.1 Å². The van der Waals surface area contributed by atoms with Gasteiger partial charge in [-0.2, -0.15) is 0 Å². The first kappa shape index (κ1) is 24.0. The van der Waals surface area contributed by atoms with Gasteiger partial charge in [-0.1, -0.05) is 30.3 Å². The predicted octanol–water partition coefficient (Wildman–Crippen LogP) is 4.18. The van der Waals surface area contributed by atoms with Crippen LogP contribution in [-0.2, 0) is 23.0 Å². The highest BCUT2D eigenvalue weighted by molar-refractivity contribution is 6.08. The lowest BCUT2D eigenvalue weighted by atomic mass is 10.0. The molecule has 37 heavy (non-hydrogen) atoms. The second-order valence-electron chi connectivity index (χ2n) is 8.73. The van der Waals surface area contributed by atoms with E-state index in [1.165, 1.54) is 0 Å². The third kappa shape index (κ3) is 4.86. The molecule has 8 nitrogen and oxygen atoms in total. The van der Waals surface area contributed by atoms with Crippen molar-refractivity contribution in [2.45, 2.75) is 12.8 Å². The minimum absolute atomic E-state index is 0.328. The molecule has 0 saturated heterocycles. The van der Waals surface area contributed by atoms with Crippen molar-refractivity contribution >= 4 is 40.3 Å². The maximum absolute atomic E-state index is 13.3. The van der Waals surface area contributed by atoms with Gasteiger partial charge in [0.25, 0.3) is 11.8 Å². The summed E-state index contributed by atoms with van der Waals surface area (Å²) in [7, 11) is 3.33. The number of pyridine rings is 1. The lowest BCUT2D eigenvalue weighted by molar-refractivity contribution is -0.123. The quantitative estimate of drug-likeness (QED) is 0.403. The van der Waals surface area contributed by atoms with Crippen LogP contribution in [-0.4, -0.2) is 41.1 Å². The van der Waals surface area contributed by atoms with Gasteiger partial charge in [-0.15, -0.1) is 0 Å². The van der Waals surface area contributed by atoms with Gasteiger partial charge < -0.3 is 14.0 Å². The minimum atomic E-state index is -0.699. The van der Waals surface area contributed by atoms with Gasteiger partial charge in [-0.05, 0) is 65.9 Å². The van der Waals surface area contributed by atoms with Crippen molar-refractivity contribution in [3.63, 3.8) is 0 Å². The van der Waals surface area contributed by atoms with Gasteiger partial charge >= 0.3 is 5.97 Å². The van der Waals surface area contributed by atoms with Crippen molar-refractivity contribution in [2.75, 3.05) is 13.7 Å². The van der Waals surface area contributed by atoms with Crippen LogP contribution in [0.3, 0.4) is 0 Å². The molecule has 1 N–H and O–H groups in total. The van der Waals surface area contributed by atoms with Gasteiger partial charge in [0.2, 0.25) is 0 Å². The Bertz CT molecular complexity index is 1550. The van der Waals surface area contributed by atoms with Gasteiger partial charge in [0.15, 0.2) is 6.61 Å². The number of aromatic nitrogens is 2. The summed E-state index contributed by atoms with van der Waals surface area (Å²) in [5, 5.41) is 2.92. The average Bonchev–Trinajstić information content (AvgIpc) is 3.52. The Morgan fingerprint density at radius 3 is 2.54 bits per heavy atom.